The van der Waals surface area contributed by atoms with Crippen molar-refractivity contribution in [3.63, 3.8) is 0 Å². The van der Waals surface area contributed by atoms with Crippen LogP contribution in [0.25, 0.3) is 0 Å². The number of ether oxygens (including phenoxy) is 1. The third-order valence-corrected chi connectivity index (χ3v) is 3.97. The number of nitrogens with one attached hydrogen (secondary N) is 1. The van der Waals surface area contributed by atoms with E-state index in [1.54, 1.807) is 23.1 Å². The molecule has 0 atom stereocenters. The number of benzene rings is 2. The summed E-state index contributed by atoms with van der Waals surface area (Å²) in [7, 11) is 1.53. The van der Waals surface area contributed by atoms with E-state index in [1.807, 2.05) is 24.3 Å². The summed E-state index contributed by atoms with van der Waals surface area (Å²) in [6.07, 6.45) is 0.799. The number of nitrogens with zero attached hydrogens (tertiary/aromatic N) is 1. The molecule has 0 saturated heterocycles. The van der Waals surface area contributed by atoms with Crippen LogP contribution in [-0.2, 0) is 11.2 Å². The molecular formula is C18H18N2O3. The minimum Gasteiger partial charge on any atom is -0.496 e. The normalized spacial score (nSPS) is 12.7. The number of carbonyl (C=O) groups excluding carboxylic acids is 2. The van der Waals surface area contributed by atoms with Crippen molar-refractivity contribution in [2.45, 2.75) is 13.3 Å². The van der Waals surface area contributed by atoms with Gasteiger partial charge in [0.15, 0.2) is 0 Å². The number of amides is 2. The zero-order valence-electron chi connectivity index (χ0n) is 13.1. The lowest BCUT2D eigenvalue weighted by atomic mass is 10.1. The fraction of sp³-hybridized carbons (Fsp3) is 0.222. The fourth-order valence-corrected chi connectivity index (χ4v) is 2.89. The summed E-state index contributed by atoms with van der Waals surface area (Å²) in [6, 6.07) is 12.7. The van der Waals surface area contributed by atoms with Crippen molar-refractivity contribution in [2.24, 2.45) is 0 Å². The van der Waals surface area contributed by atoms with Crippen molar-refractivity contribution in [1.29, 1.82) is 0 Å². The van der Waals surface area contributed by atoms with E-state index in [0.29, 0.717) is 23.5 Å². The lowest BCUT2D eigenvalue weighted by Gasteiger charge is -2.19. The maximum atomic E-state index is 12.6. The van der Waals surface area contributed by atoms with Gasteiger partial charge in [0, 0.05) is 13.5 Å². The Labute approximate surface area is 134 Å². The molecule has 0 fully saturated rings. The van der Waals surface area contributed by atoms with Crippen molar-refractivity contribution in [2.75, 3.05) is 23.9 Å². The van der Waals surface area contributed by atoms with Crippen LogP contribution in [0.3, 0.4) is 0 Å². The highest BCUT2D eigenvalue weighted by molar-refractivity contribution is 6.09. The third-order valence-electron chi connectivity index (χ3n) is 3.97. The minimum absolute atomic E-state index is 0.0252. The van der Waals surface area contributed by atoms with Crippen LogP contribution in [0, 0.1) is 0 Å². The molecule has 2 aromatic carbocycles. The first kappa shape index (κ1) is 15.1. The van der Waals surface area contributed by atoms with E-state index in [2.05, 4.69) is 5.32 Å². The summed E-state index contributed by atoms with van der Waals surface area (Å²) in [5.41, 5.74) is 2.97. The van der Waals surface area contributed by atoms with Crippen LogP contribution in [0.1, 0.15) is 22.8 Å². The van der Waals surface area contributed by atoms with E-state index in [4.69, 9.17) is 4.74 Å². The Bertz CT molecular complexity index is 771. The van der Waals surface area contributed by atoms with Crippen LogP contribution in [0.4, 0.5) is 11.4 Å². The maximum Gasteiger partial charge on any atom is 0.259 e. The quantitative estimate of drug-likeness (QED) is 0.948. The summed E-state index contributed by atoms with van der Waals surface area (Å²) in [6.45, 7) is 2.18. The van der Waals surface area contributed by atoms with E-state index < -0.39 is 0 Å². The smallest absolute Gasteiger partial charge is 0.259 e. The van der Waals surface area contributed by atoms with Gasteiger partial charge in [0.25, 0.3) is 5.91 Å². The van der Waals surface area contributed by atoms with E-state index in [9.17, 15) is 9.59 Å². The third kappa shape index (κ3) is 2.77. The van der Waals surface area contributed by atoms with Crippen molar-refractivity contribution >= 4 is 23.2 Å². The van der Waals surface area contributed by atoms with Gasteiger partial charge in [-0.15, -0.1) is 0 Å². The van der Waals surface area contributed by atoms with Gasteiger partial charge in [-0.25, -0.2) is 0 Å². The second-order valence-corrected chi connectivity index (χ2v) is 5.39. The first-order chi connectivity index (χ1) is 11.1. The molecule has 0 aromatic heterocycles. The Balaban J connectivity index is 1.94. The highest BCUT2D eigenvalue weighted by atomic mass is 16.5. The van der Waals surface area contributed by atoms with E-state index in [0.717, 1.165) is 17.7 Å². The standard InChI is InChI=1S/C18H18N2O3/c1-12(21)20-11-10-13-6-5-8-15(17(13)20)19-18(22)14-7-3-4-9-16(14)23-2/h3-9H,10-11H2,1-2H3,(H,19,22). The van der Waals surface area contributed by atoms with Gasteiger partial charge in [-0.3, -0.25) is 9.59 Å². The average molecular weight is 310 g/mol. The van der Waals surface area contributed by atoms with Crippen LogP contribution in [0.15, 0.2) is 42.5 Å². The predicted molar refractivity (Wildman–Crippen MR) is 89.1 cm³/mol. The molecule has 0 unspecified atom stereocenters. The van der Waals surface area contributed by atoms with E-state index in [-0.39, 0.29) is 11.8 Å². The van der Waals surface area contributed by atoms with Gasteiger partial charge in [-0.1, -0.05) is 24.3 Å². The number of anilines is 2. The van der Waals surface area contributed by atoms with Crippen molar-refractivity contribution in [3.05, 3.63) is 53.6 Å². The topological polar surface area (TPSA) is 58.6 Å². The van der Waals surface area contributed by atoms with Crippen molar-refractivity contribution in [3.8, 4) is 5.75 Å². The van der Waals surface area contributed by atoms with Crippen LogP contribution in [-0.4, -0.2) is 25.5 Å². The molecule has 1 heterocycles. The van der Waals surface area contributed by atoms with E-state index >= 15 is 0 Å². The number of hydrogen-bond donors (Lipinski definition) is 1. The molecule has 1 aliphatic heterocycles. The fourth-order valence-electron chi connectivity index (χ4n) is 2.89. The summed E-state index contributed by atoms with van der Waals surface area (Å²) < 4.78 is 5.23. The van der Waals surface area contributed by atoms with Gasteiger partial charge < -0.3 is 15.0 Å². The molecule has 1 aliphatic rings. The molecule has 2 aromatic rings. The molecular weight excluding hydrogens is 292 g/mol. The molecule has 3 rings (SSSR count). The Hall–Kier alpha value is -2.82. The second-order valence-electron chi connectivity index (χ2n) is 5.39. The maximum absolute atomic E-state index is 12.6. The number of fused-ring (bicyclic) bond motifs is 1. The second kappa shape index (κ2) is 6.12. The summed E-state index contributed by atoms with van der Waals surface area (Å²) in [5.74, 6) is 0.231. The zero-order chi connectivity index (χ0) is 16.4. The monoisotopic (exact) mass is 310 g/mol. The number of carbonyl (C=O) groups is 2. The molecule has 5 nitrogen and oxygen atoms in total. The Morgan fingerprint density at radius 3 is 2.65 bits per heavy atom. The Morgan fingerprint density at radius 1 is 1.13 bits per heavy atom. The largest absolute Gasteiger partial charge is 0.496 e. The lowest BCUT2D eigenvalue weighted by Crippen LogP contribution is -2.27. The molecule has 118 valence electrons. The van der Waals surface area contributed by atoms with Crippen molar-refractivity contribution < 1.29 is 14.3 Å². The molecule has 0 bridgehead atoms. The summed E-state index contributed by atoms with van der Waals surface area (Å²) in [5, 5.41) is 2.91. The SMILES string of the molecule is COc1ccccc1C(=O)Nc1cccc2c1N(C(C)=O)CC2. The Morgan fingerprint density at radius 2 is 1.91 bits per heavy atom. The number of hydrogen-bond acceptors (Lipinski definition) is 3. The van der Waals surface area contributed by atoms with Gasteiger partial charge in [-0.05, 0) is 30.2 Å². The molecule has 1 N–H and O–H groups in total. The molecule has 0 radical (unpaired) electrons. The molecule has 5 heteroatoms. The van der Waals surface area contributed by atoms with Gasteiger partial charge in [0.1, 0.15) is 5.75 Å². The summed E-state index contributed by atoms with van der Waals surface area (Å²) >= 11 is 0. The van der Waals surface area contributed by atoms with Crippen LogP contribution in [0.5, 0.6) is 5.75 Å². The molecule has 2 amide bonds. The molecule has 0 spiro atoms. The van der Waals surface area contributed by atoms with Crippen molar-refractivity contribution in [1.82, 2.24) is 0 Å². The zero-order valence-corrected chi connectivity index (χ0v) is 13.1. The first-order valence-corrected chi connectivity index (χ1v) is 7.46. The van der Waals surface area contributed by atoms with Gasteiger partial charge in [0.05, 0.1) is 24.0 Å². The lowest BCUT2D eigenvalue weighted by molar-refractivity contribution is -0.116. The average Bonchev–Trinajstić information content (AvgIpc) is 3.00. The number of rotatable bonds is 3. The summed E-state index contributed by atoms with van der Waals surface area (Å²) in [4.78, 5) is 26.1. The van der Waals surface area contributed by atoms with Crippen LogP contribution < -0.4 is 15.0 Å². The molecule has 23 heavy (non-hydrogen) atoms. The van der Waals surface area contributed by atoms with E-state index in [1.165, 1.54) is 14.0 Å². The molecule has 0 aliphatic carbocycles. The predicted octanol–water partition coefficient (Wildman–Crippen LogP) is 2.86. The first-order valence-electron chi connectivity index (χ1n) is 7.46. The number of methoxy groups -OCH3 is 1. The van der Waals surface area contributed by atoms with Crippen LogP contribution >= 0.6 is 0 Å². The van der Waals surface area contributed by atoms with Gasteiger partial charge in [-0.2, -0.15) is 0 Å². The molecule has 0 saturated carbocycles. The highest BCUT2D eigenvalue weighted by Gasteiger charge is 2.26. The minimum atomic E-state index is -0.258. The van der Waals surface area contributed by atoms with Crippen LogP contribution in [0.2, 0.25) is 0 Å². The highest BCUT2D eigenvalue weighted by Crippen LogP contribution is 2.36. The van der Waals surface area contributed by atoms with Gasteiger partial charge >= 0.3 is 0 Å². The van der Waals surface area contributed by atoms with Gasteiger partial charge in [0.2, 0.25) is 5.91 Å². The Kier molecular flexibility index (Phi) is 4.02. The number of para-hydroxylation sites is 2.